The number of nitrogens with zero attached hydrogens (tertiary/aromatic N) is 3. The predicted octanol–water partition coefficient (Wildman–Crippen LogP) is 16.0. The topological polar surface area (TPSA) is 30.7 Å². The molecule has 2 aliphatic carbocycles. The highest BCUT2D eigenvalue weighted by atomic mass is 15.1. The molecule has 3 nitrogen and oxygen atoms in total. The van der Waals surface area contributed by atoms with Gasteiger partial charge in [0.1, 0.15) is 5.82 Å². The van der Waals surface area contributed by atoms with Crippen molar-refractivity contribution < 1.29 is 0 Å². The van der Waals surface area contributed by atoms with Gasteiger partial charge < -0.3 is 0 Å². The lowest BCUT2D eigenvalue weighted by Gasteiger charge is -2.23. The van der Waals surface area contributed by atoms with Gasteiger partial charge in [0.2, 0.25) is 0 Å². The van der Waals surface area contributed by atoms with E-state index in [9.17, 15) is 0 Å². The summed E-state index contributed by atoms with van der Waals surface area (Å²) in [7, 11) is 0. The first-order valence-corrected chi connectivity index (χ1v) is 22.7. The molecule has 308 valence electrons. The second kappa shape index (κ2) is 13.8. The first-order valence-electron chi connectivity index (χ1n) is 22.7. The van der Waals surface area contributed by atoms with Crippen LogP contribution in [0.15, 0.2) is 200 Å². The molecule has 11 aromatic rings. The molecule has 0 N–H and O–H groups in total. The van der Waals surface area contributed by atoms with Gasteiger partial charge in [-0.05, 0) is 121 Å². The van der Waals surface area contributed by atoms with E-state index >= 15 is 0 Å². The third-order valence-electron chi connectivity index (χ3n) is 14.6. The van der Waals surface area contributed by atoms with Gasteiger partial charge in [0, 0.05) is 38.4 Å². The SMILES string of the molecule is CC1(C)c2ccccc2-c2ccc(-c3cc(-c4ccc5c(c4)C(C)(C)c4ccccc4-5)c4cc(-c5ccc6c(c5)nc(-c5ccccc5)n6-c5ccccc5)c5ccccc5c4n3)cc21. The van der Waals surface area contributed by atoms with Gasteiger partial charge in [-0.15, -0.1) is 0 Å². The Balaban J connectivity index is 1.05. The summed E-state index contributed by atoms with van der Waals surface area (Å²) in [4.78, 5) is 11.0. The van der Waals surface area contributed by atoms with Gasteiger partial charge in [0.15, 0.2) is 0 Å². The van der Waals surface area contributed by atoms with Crippen molar-refractivity contribution in [1.82, 2.24) is 14.5 Å². The molecule has 0 saturated carbocycles. The van der Waals surface area contributed by atoms with Crippen molar-refractivity contribution >= 4 is 32.7 Å². The highest BCUT2D eigenvalue weighted by Crippen LogP contribution is 2.52. The quantitative estimate of drug-likeness (QED) is 0.162. The second-order valence-corrected chi connectivity index (χ2v) is 19.0. The fourth-order valence-electron chi connectivity index (χ4n) is 11.3. The van der Waals surface area contributed by atoms with E-state index in [1.807, 2.05) is 0 Å². The summed E-state index contributed by atoms with van der Waals surface area (Å²) in [6.07, 6.45) is 0. The number of imidazole rings is 1. The summed E-state index contributed by atoms with van der Waals surface area (Å²) in [6, 6.07) is 73.3. The molecular formula is C62H45N3. The molecule has 0 saturated heterocycles. The Hall–Kier alpha value is -7.88. The summed E-state index contributed by atoms with van der Waals surface area (Å²) >= 11 is 0. The van der Waals surface area contributed by atoms with Crippen LogP contribution < -0.4 is 0 Å². The number of para-hydroxylation sites is 1. The third kappa shape index (κ3) is 5.55. The van der Waals surface area contributed by atoms with E-state index in [0.29, 0.717) is 0 Å². The summed E-state index contributed by atoms with van der Waals surface area (Å²) < 4.78 is 2.28. The smallest absolute Gasteiger partial charge is 0.145 e. The number of pyridine rings is 1. The molecule has 65 heavy (non-hydrogen) atoms. The van der Waals surface area contributed by atoms with Crippen molar-refractivity contribution in [3.63, 3.8) is 0 Å². The number of rotatable bonds is 5. The van der Waals surface area contributed by atoms with Crippen molar-refractivity contribution in [2.45, 2.75) is 38.5 Å². The fraction of sp³-hybridized carbons (Fsp3) is 0.0968. The molecular weight excluding hydrogens is 787 g/mol. The van der Waals surface area contributed by atoms with E-state index in [1.165, 1.54) is 55.6 Å². The van der Waals surface area contributed by atoms with Gasteiger partial charge in [0.05, 0.1) is 22.2 Å². The van der Waals surface area contributed by atoms with Crippen LogP contribution in [0.2, 0.25) is 0 Å². The zero-order chi connectivity index (χ0) is 43.6. The Labute approximate surface area is 379 Å². The highest BCUT2D eigenvalue weighted by Gasteiger charge is 2.37. The normalized spacial score (nSPS) is 14.1. The minimum Gasteiger partial charge on any atom is -0.292 e. The molecule has 0 radical (unpaired) electrons. The van der Waals surface area contributed by atoms with Crippen LogP contribution in [0.4, 0.5) is 0 Å². The molecule has 0 unspecified atom stereocenters. The van der Waals surface area contributed by atoms with Crippen LogP contribution in [0.3, 0.4) is 0 Å². The minimum absolute atomic E-state index is 0.121. The largest absolute Gasteiger partial charge is 0.292 e. The van der Waals surface area contributed by atoms with Crippen molar-refractivity contribution in [2.75, 3.05) is 0 Å². The lowest BCUT2D eigenvalue weighted by Crippen LogP contribution is -2.15. The Morgan fingerprint density at radius 2 is 0.877 bits per heavy atom. The van der Waals surface area contributed by atoms with Gasteiger partial charge in [-0.2, -0.15) is 0 Å². The lowest BCUT2D eigenvalue weighted by molar-refractivity contribution is 0.660. The molecule has 0 amide bonds. The van der Waals surface area contributed by atoms with Crippen LogP contribution in [-0.4, -0.2) is 14.5 Å². The molecule has 0 bridgehead atoms. The molecule has 0 fully saturated rings. The van der Waals surface area contributed by atoms with Crippen molar-refractivity contribution in [3.8, 4) is 72.8 Å². The monoisotopic (exact) mass is 831 g/mol. The maximum atomic E-state index is 5.67. The van der Waals surface area contributed by atoms with Crippen molar-refractivity contribution in [3.05, 3.63) is 222 Å². The van der Waals surface area contributed by atoms with E-state index in [0.717, 1.165) is 72.2 Å². The number of benzene rings is 9. The van der Waals surface area contributed by atoms with E-state index < -0.39 is 0 Å². The summed E-state index contributed by atoms with van der Waals surface area (Å²) in [5.74, 6) is 0.923. The Bertz CT molecular complexity index is 3760. The average Bonchev–Trinajstić information content (AvgIpc) is 3.93. The maximum Gasteiger partial charge on any atom is 0.145 e. The fourth-order valence-corrected chi connectivity index (χ4v) is 11.3. The zero-order valence-corrected chi connectivity index (χ0v) is 36.9. The van der Waals surface area contributed by atoms with Crippen LogP contribution in [0.5, 0.6) is 0 Å². The third-order valence-corrected chi connectivity index (χ3v) is 14.6. The standard InChI is InChI=1S/C62H45N3/c1-61(2)52-25-15-13-22-44(52)46-30-27-39(33-54(46)61)50-37-56(41-28-31-47-45-23-14-16-26-53(45)62(3,4)55(47)34-41)63-59-48-24-12-11-21-43(48)49(36-51(50)59)40-29-32-58-57(35-40)64-60(38-17-7-5-8-18-38)65(58)42-19-9-6-10-20-42/h5-37H,1-4H3. The summed E-state index contributed by atoms with van der Waals surface area (Å²) in [5, 5.41) is 3.42. The van der Waals surface area contributed by atoms with Crippen LogP contribution in [0.25, 0.3) is 106 Å². The average molecular weight is 832 g/mol. The van der Waals surface area contributed by atoms with Crippen LogP contribution in [-0.2, 0) is 10.8 Å². The number of hydrogen-bond acceptors (Lipinski definition) is 2. The molecule has 2 aliphatic rings. The summed E-state index contributed by atoms with van der Waals surface area (Å²) in [6.45, 7) is 9.44. The van der Waals surface area contributed by atoms with E-state index in [1.54, 1.807) is 0 Å². The van der Waals surface area contributed by atoms with Crippen LogP contribution in [0.1, 0.15) is 49.9 Å². The molecule has 0 spiro atoms. The first kappa shape index (κ1) is 37.7. The molecule has 9 aromatic carbocycles. The van der Waals surface area contributed by atoms with Gasteiger partial charge in [-0.3, -0.25) is 4.57 Å². The number of hydrogen-bond donors (Lipinski definition) is 0. The molecule has 3 heteroatoms. The molecule has 2 heterocycles. The highest BCUT2D eigenvalue weighted by molar-refractivity contribution is 6.16. The van der Waals surface area contributed by atoms with Crippen molar-refractivity contribution in [2.24, 2.45) is 0 Å². The van der Waals surface area contributed by atoms with Gasteiger partial charge in [-0.25, -0.2) is 9.97 Å². The summed E-state index contributed by atoms with van der Waals surface area (Å²) in [5.41, 5.74) is 22.4. The van der Waals surface area contributed by atoms with Crippen LogP contribution >= 0.6 is 0 Å². The Kier molecular flexibility index (Phi) is 8.00. The predicted molar refractivity (Wildman–Crippen MR) is 271 cm³/mol. The van der Waals surface area contributed by atoms with Gasteiger partial charge in [0.25, 0.3) is 0 Å². The maximum absolute atomic E-state index is 5.67. The van der Waals surface area contributed by atoms with Gasteiger partial charge >= 0.3 is 0 Å². The Morgan fingerprint density at radius 3 is 1.57 bits per heavy atom. The molecule has 0 atom stereocenters. The van der Waals surface area contributed by atoms with Crippen molar-refractivity contribution in [1.29, 1.82) is 0 Å². The van der Waals surface area contributed by atoms with E-state index in [-0.39, 0.29) is 10.8 Å². The van der Waals surface area contributed by atoms with E-state index in [4.69, 9.17) is 9.97 Å². The Morgan fingerprint density at radius 1 is 0.354 bits per heavy atom. The number of fused-ring (bicyclic) bond motifs is 10. The second-order valence-electron chi connectivity index (χ2n) is 19.0. The minimum atomic E-state index is -0.136. The first-order chi connectivity index (χ1) is 31.7. The van der Waals surface area contributed by atoms with Crippen LogP contribution in [0, 0.1) is 0 Å². The van der Waals surface area contributed by atoms with Gasteiger partial charge in [-0.1, -0.05) is 179 Å². The zero-order valence-electron chi connectivity index (χ0n) is 36.9. The van der Waals surface area contributed by atoms with E-state index in [2.05, 4.69) is 232 Å². The molecule has 2 aromatic heterocycles. The molecule has 13 rings (SSSR count). The number of aromatic nitrogens is 3. The lowest BCUT2D eigenvalue weighted by atomic mass is 9.81. The molecule has 0 aliphatic heterocycles.